The van der Waals surface area contributed by atoms with Gasteiger partial charge in [-0.25, -0.2) is 0 Å². The number of allylic oxidation sites excluding steroid dienone is 1. The van der Waals surface area contributed by atoms with Gasteiger partial charge in [0.2, 0.25) is 0 Å². The summed E-state index contributed by atoms with van der Waals surface area (Å²) >= 11 is 0. The predicted octanol–water partition coefficient (Wildman–Crippen LogP) is 2.60. The zero-order valence-corrected chi connectivity index (χ0v) is 11.1. The second kappa shape index (κ2) is 4.89. The smallest absolute Gasteiger partial charge is 0.0692 e. The summed E-state index contributed by atoms with van der Waals surface area (Å²) in [6.45, 7) is 10.6. The molecule has 16 heavy (non-hydrogen) atoms. The molecule has 5 atom stereocenters. The third-order valence-electron chi connectivity index (χ3n) is 4.49. The van der Waals surface area contributed by atoms with E-state index in [9.17, 15) is 10.2 Å². The zero-order chi connectivity index (χ0) is 12.5. The maximum absolute atomic E-state index is 10.0. The van der Waals surface area contributed by atoms with Crippen LogP contribution in [0.4, 0.5) is 0 Å². The van der Waals surface area contributed by atoms with Gasteiger partial charge in [0.15, 0.2) is 0 Å². The predicted molar refractivity (Wildman–Crippen MR) is 67.0 cm³/mol. The fourth-order valence-corrected chi connectivity index (χ4v) is 2.83. The Kier molecular flexibility index (Phi) is 4.19. The molecule has 1 rings (SSSR count). The van der Waals surface area contributed by atoms with Crippen LogP contribution >= 0.6 is 0 Å². The minimum absolute atomic E-state index is 0.185. The van der Waals surface area contributed by atoms with Crippen molar-refractivity contribution in [2.24, 2.45) is 23.2 Å². The van der Waals surface area contributed by atoms with E-state index in [-0.39, 0.29) is 17.4 Å². The molecular formula is C14H26O2. The van der Waals surface area contributed by atoms with Gasteiger partial charge in [-0.05, 0) is 36.5 Å². The van der Waals surface area contributed by atoms with Crippen molar-refractivity contribution >= 4 is 0 Å². The molecule has 0 aromatic carbocycles. The van der Waals surface area contributed by atoms with Crippen molar-refractivity contribution in [2.75, 3.05) is 0 Å². The van der Waals surface area contributed by atoms with Gasteiger partial charge in [0.1, 0.15) is 0 Å². The van der Waals surface area contributed by atoms with E-state index in [4.69, 9.17) is 0 Å². The summed E-state index contributed by atoms with van der Waals surface area (Å²) in [6.07, 6.45) is 4.19. The van der Waals surface area contributed by atoms with Crippen LogP contribution in [0.2, 0.25) is 0 Å². The summed E-state index contributed by atoms with van der Waals surface area (Å²) < 4.78 is 0. The SMILES string of the molecule is C[C@@H]1[C@H](O)C[C@@H](C)C(C)(C)[C@H]1/C=C/[C@@H](C)O. The normalized spacial score (nSPS) is 41.2. The average Bonchev–Trinajstić information content (AvgIpc) is 2.14. The molecule has 0 unspecified atom stereocenters. The Morgan fingerprint density at radius 3 is 2.38 bits per heavy atom. The molecule has 0 aromatic heterocycles. The molecule has 0 bridgehead atoms. The van der Waals surface area contributed by atoms with Crippen molar-refractivity contribution < 1.29 is 10.2 Å². The highest BCUT2D eigenvalue weighted by Crippen LogP contribution is 2.48. The molecule has 0 amide bonds. The second-order valence-electron chi connectivity index (χ2n) is 6.04. The summed E-state index contributed by atoms with van der Waals surface area (Å²) in [4.78, 5) is 0. The second-order valence-corrected chi connectivity index (χ2v) is 6.04. The monoisotopic (exact) mass is 226 g/mol. The lowest BCUT2D eigenvalue weighted by molar-refractivity contribution is -0.0415. The first-order valence-electron chi connectivity index (χ1n) is 6.31. The quantitative estimate of drug-likeness (QED) is 0.711. The molecule has 1 aliphatic carbocycles. The lowest BCUT2D eigenvalue weighted by Gasteiger charge is -2.48. The van der Waals surface area contributed by atoms with Gasteiger partial charge in [-0.3, -0.25) is 0 Å². The van der Waals surface area contributed by atoms with Gasteiger partial charge in [0.25, 0.3) is 0 Å². The first-order valence-corrected chi connectivity index (χ1v) is 6.31. The van der Waals surface area contributed by atoms with Gasteiger partial charge in [-0.1, -0.05) is 39.8 Å². The van der Waals surface area contributed by atoms with Crippen molar-refractivity contribution in [1.29, 1.82) is 0 Å². The van der Waals surface area contributed by atoms with Crippen molar-refractivity contribution in [1.82, 2.24) is 0 Å². The molecule has 0 heterocycles. The van der Waals surface area contributed by atoms with Crippen molar-refractivity contribution in [2.45, 2.75) is 53.2 Å². The first kappa shape index (κ1) is 13.7. The van der Waals surface area contributed by atoms with Crippen LogP contribution in [0.1, 0.15) is 41.0 Å². The highest BCUT2D eigenvalue weighted by atomic mass is 16.3. The summed E-state index contributed by atoms with van der Waals surface area (Å²) in [5, 5.41) is 19.3. The minimum atomic E-state index is -0.405. The van der Waals surface area contributed by atoms with Crippen molar-refractivity contribution in [3.8, 4) is 0 Å². The van der Waals surface area contributed by atoms with Gasteiger partial charge in [-0.2, -0.15) is 0 Å². The standard InChI is InChI=1S/C14H26O2/c1-9-8-13(16)11(3)12(14(9,4)5)7-6-10(2)15/h6-7,9-13,15-16H,8H2,1-5H3/b7-6+/t9-,10-,11+,12+,13-/m1/s1. The van der Waals surface area contributed by atoms with Crippen LogP contribution in [0, 0.1) is 23.2 Å². The first-order chi connectivity index (χ1) is 7.26. The maximum Gasteiger partial charge on any atom is 0.0692 e. The molecule has 1 aliphatic rings. The van der Waals surface area contributed by atoms with E-state index < -0.39 is 6.10 Å². The molecular weight excluding hydrogens is 200 g/mol. The molecule has 2 N–H and O–H groups in total. The number of hydrogen-bond acceptors (Lipinski definition) is 2. The highest BCUT2D eigenvalue weighted by Gasteiger charge is 2.44. The third-order valence-corrected chi connectivity index (χ3v) is 4.49. The summed E-state index contributed by atoms with van der Waals surface area (Å²) in [7, 11) is 0. The van der Waals surface area contributed by atoms with E-state index >= 15 is 0 Å². The lowest BCUT2D eigenvalue weighted by Crippen LogP contribution is -2.45. The van der Waals surface area contributed by atoms with Crippen LogP contribution in [-0.4, -0.2) is 22.4 Å². The van der Waals surface area contributed by atoms with Crippen LogP contribution < -0.4 is 0 Å². The summed E-state index contributed by atoms with van der Waals surface area (Å²) in [5.74, 6) is 1.10. The Hall–Kier alpha value is -0.340. The maximum atomic E-state index is 10.0. The average molecular weight is 226 g/mol. The largest absolute Gasteiger partial charge is 0.393 e. The highest BCUT2D eigenvalue weighted by molar-refractivity contribution is 5.05. The fourth-order valence-electron chi connectivity index (χ4n) is 2.83. The molecule has 1 saturated carbocycles. The van der Waals surface area contributed by atoms with E-state index in [1.807, 2.05) is 6.08 Å². The number of rotatable bonds is 2. The van der Waals surface area contributed by atoms with E-state index in [0.717, 1.165) is 6.42 Å². The van der Waals surface area contributed by atoms with Gasteiger partial charge < -0.3 is 10.2 Å². The number of aliphatic hydroxyl groups excluding tert-OH is 2. The summed E-state index contributed by atoms with van der Waals surface area (Å²) in [5.41, 5.74) is 0.185. The molecule has 0 saturated heterocycles. The number of hydrogen-bond donors (Lipinski definition) is 2. The lowest BCUT2D eigenvalue weighted by atomic mass is 9.58. The summed E-state index contributed by atoms with van der Waals surface area (Å²) in [6, 6.07) is 0. The van der Waals surface area contributed by atoms with Gasteiger partial charge in [-0.15, -0.1) is 0 Å². The van der Waals surface area contributed by atoms with Crippen LogP contribution in [-0.2, 0) is 0 Å². The Labute approximate surface area is 99.4 Å². The van der Waals surface area contributed by atoms with Crippen LogP contribution in [0.5, 0.6) is 0 Å². The number of aliphatic hydroxyl groups is 2. The van der Waals surface area contributed by atoms with Crippen LogP contribution in [0.3, 0.4) is 0 Å². The fraction of sp³-hybridized carbons (Fsp3) is 0.857. The van der Waals surface area contributed by atoms with Gasteiger partial charge in [0, 0.05) is 0 Å². The molecule has 2 nitrogen and oxygen atoms in total. The minimum Gasteiger partial charge on any atom is -0.393 e. The Morgan fingerprint density at radius 1 is 1.31 bits per heavy atom. The van der Waals surface area contributed by atoms with Crippen molar-refractivity contribution in [3.05, 3.63) is 12.2 Å². The molecule has 0 spiro atoms. The van der Waals surface area contributed by atoms with Gasteiger partial charge >= 0.3 is 0 Å². The van der Waals surface area contributed by atoms with E-state index in [2.05, 4.69) is 33.8 Å². The van der Waals surface area contributed by atoms with E-state index in [0.29, 0.717) is 11.8 Å². The Balaban J connectivity index is 2.90. The topological polar surface area (TPSA) is 40.5 Å². The molecule has 2 heteroatoms. The third kappa shape index (κ3) is 2.67. The van der Waals surface area contributed by atoms with Crippen LogP contribution in [0.25, 0.3) is 0 Å². The zero-order valence-electron chi connectivity index (χ0n) is 11.1. The molecule has 0 aliphatic heterocycles. The molecule has 0 aromatic rings. The molecule has 0 radical (unpaired) electrons. The molecule has 1 fully saturated rings. The Morgan fingerprint density at radius 2 is 1.88 bits per heavy atom. The van der Waals surface area contributed by atoms with E-state index in [1.165, 1.54) is 0 Å². The van der Waals surface area contributed by atoms with E-state index in [1.54, 1.807) is 6.92 Å². The Bertz CT molecular complexity index is 255. The van der Waals surface area contributed by atoms with Gasteiger partial charge in [0.05, 0.1) is 12.2 Å². The van der Waals surface area contributed by atoms with Crippen molar-refractivity contribution in [3.63, 3.8) is 0 Å². The molecule has 94 valence electrons. The van der Waals surface area contributed by atoms with Crippen LogP contribution in [0.15, 0.2) is 12.2 Å².